The average Bonchev–Trinajstić information content (AvgIpc) is 2.54. The first-order valence-electron chi connectivity index (χ1n) is 6.22. The zero-order valence-electron chi connectivity index (χ0n) is 11.6. The highest BCUT2D eigenvalue weighted by Gasteiger charge is 2.47. The molecule has 0 spiro atoms. The van der Waals surface area contributed by atoms with Crippen molar-refractivity contribution in [2.45, 2.75) is 32.4 Å². The van der Waals surface area contributed by atoms with E-state index in [4.69, 9.17) is 4.74 Å². The van der Waals surface area contributed by atoms with Crippen molar-refractivity contribution in [3.05, 3.63) is 29.8 Å². The number of hydrogen-bond acceptors (Lipinski definition) is 3. The van der Waals surface area contributed by atoms with Gasteiger partial charge in [-0.1, -0.05) is 12.1 Å². The number of nitrogens with zero attached hydrogens (tertiary/aromatic N) is 1. The van der Waals surface area contributed by atoms with Crippen molar-refractivity contribution in [3.8, 4) is 5.75 Å². The van der Waals surface area contributed by atoms with Crippen LogP contribution < -0.4 is 10.1 Å². The summed E-state index contributed by atoms with van der Waals surface area (Å²) in [5, 5.41) is 2.70. The van der Waals surface area contributed by atoms with E-state index in [-0.39, 0.29) is 18.0 Å². The fourth-order valence-corrected chi connectivity index (χ4v) is 2.11. The maximum absolute atomic E-state index is 12.1. The number of rotatable bonds is 3. The van der Waals surface area contributed by atoms with Crippen molar-refractivity contribution in [3.63, 3.8) is 0 Å². The van der Waals surface area contributed by atoms with Crippen LogP contribution in [0.25, 0.3) is 0 Å². The molecule has 0 saturated carbocycles. The van der Waals surface area contributed by atoms with Gasteiger partial charge in [0.25, 0.3) is 5.91 Å². The second-order valence-electron chi connectivity index (χ2n) is 5.11. The molecule has 0 aromatic heterocycles. The van der Waals surface area contributed by atoms with Gasteiger partial charge in [-0.15, -0.1) is 0 Å². The van der Waals surface area contributed by atoms with Crippen molar-refractivity contribution < 1.29 is 14.3 Å². The zero-order chi connectivity index (χ0) is 14.2. The Morgan fingerprint density at radius 1 is 1.21 bits per heavy atom. The molecule has 1 unspecified atom stereocenters. The van der Waals surface area contributed by atoms with Gasteiger partial charge < -0.3 is 10.1 Å². The highest BCUT2D eigenvalue weighted by molar-refractivity contribution is 6.06. The summed E-state index contributed by atoms with van der Waals surface area (Å²) in [5.41, 5.74) is -0.256. The summed E-state index contributed by atoms with van der Waals surface area (Å²) in [7, 11) is 1.47. The Labute approximate surface area is 112 Å². The SMILES string of the molecule is CC(C)Oc1ccc(C2(C)NC(=O)N(C)C2=O)cc1. The smallest absolute Gasteiger partial charge is 0.325 e. The van der Waals surface area contributed by atoms with E-state index in [0.717, 1.165) is 16.2 Å². The lowest BCUT2D eigenvalue weighted by Gasteiger charge is -2.22. The summed E-state index contributed by atoms with van der Waals surface area (Å²) < 4.78 is 5.55. The molecule has 5 heteroatoms. The monoisotopic (exact) mass is 262 g/mol. The third-order valence-electron chi connectivity index (χ3n) is 3.20. The second-order valence-corrected chi connectivity index (χ2v) is 5.11. The molecule has 102 valence electrons. The lowest BCUT2D eigenvalue weighted by molar-refractivity contribution is -0.130. The first kappa shape index (κ1) is 13.4. The number of ether oxygens (including phenoxy) is 1. The Balaban J connectivity index is 2.27. The van der Waals surface area contributed by atoms with E-state index in [1.165, 1.54) is 7.05 Å². The molecule has 1 saturated heterocycles. The van der Waals surface area contributed by atoms with Crippen LogP contribution in [0.5, 0.6) is 5.75 Å². The van der Waals surface area contributed by atoms with E-state index in [1.54, 1.807) is 31.2 Å². The van der Waals surface area contributed by atoms with Crippen LogP contribution in [0.1, 0.15) is 26.3 Å². The van der Waals surface area contributed by atoms with E-state index in [9.17, 15) is 9.59 Å². The number of imide groups is 1. The van der Waals surface area contributed by atoms with Gasteiger partial charge in [-0.2, -0.15) is 0 Å². The van der Waals surface area contributed by atoms with Crippen molar-refractivity contribution in [1.29, 1.82) is 0 Å². The summed E-state index contributed by atoms with van der Waals surface area (Å²) in [6.45, 7) is 5.60. The molecule has 1 aromatic rings. The lowest BCUT2D eigenvalue weighted by Crippen LogP contribution is -2.40. The number of likely N-dealkylation sites (N-methyl/N-ethyl adjacent to an activating group) is 1. The van der Waals surface area contributed by atoms with Gasteiger partial charge >= 0.3 is 6.03 Å². The Morgan fingerprint density at radius 3 is 2.21 bits per heavy atom. The standard InChI is InChI=1S/C14H18N2O3/c1-9(2)19-11-7-5-10(6-8-11)14(3)12(17)16(4)13(18)15-14/h5-9H,1-4H3,(H,15,18). The van der Waals surface area contributed by atoms with Gasteiger partial charge in [0, 0.05) is 7.05 Å². The van der Waals surface area contributed by atoms with Crippen molar-refractivity contribution >= 4 is 11.9 Å². The highest BCUT2D eigenvalue weighted by Crippen LogP contribution is 2.29. The predicted molar refractivity (Wildman–Crippen MR) is 70.9 cm³/mol. The van der Waals surface area contributed by atoms with Crippen LogP contribution in [-0.4, -0.2) is 30.0 Å². The highest BCUT2D eigenvalue weighted by atomic mass is 16.5. The first-order valence-corrected chi connectivity index (χ1v) is 6.22. The molecule has 1 heterocycles. The van der Waals surface area contributed by atoms with Crippen LogP contribution in [0.4, 0.5) is 4.79 Å². The molecule has 3 amide bonds. The van der Waals surface area contributed by atoms with Crippen LogP contribution in [0.3, 0.4) is 0 Å². The molecular weight excluding hydrogens is 244 g/mol. The number of carbonyl (C=O) groups is 2. The molecular formula is C14H18N2O3. The van der Waals surface area contributed by atoms with Gasteiger partial charge in [-0.05, 0) is 38.5 Å². The summed E-state index contributed by atoms with van der Waals surface area (Å²) in [6, 6.07) is 6.83. The maximum Gasteiger partial charge on any atom is 0.325 e. The van der Waals surface area contributed by atoms with E-state index in [1.807, 2.05) is 13.8 Å². The molecule has 5 nitrogen and oxygen atoms in total. The van der Waals surface area contributed by atoms with Crippen molar-refractivity contribution in [2.24, 2.45) is 0 Å². The quantitative estimate of drug-likeness (QED) is 0.846. The molecule has 19 heavy (non-hydrogen) atoms. The predicted octanol–water partition coefficient (Wildman–Crippen LogP) is 1.87. The largest absolute Gasteiger partial charge is 0.491 e. The van der Waals surface area contributed by atoms with Gasteiger partial charge in [-0.3, -0.25) is 9.69 Å². The normalized spacial score (nSPS) is 22.9. The molecule has 1 N–H and O–H groups in total. The van der Waals surface area contributed by atoms with E-state index in [2.05, 4.69) is 5.32 Å². The van der Waals surface area contributed by atoms with Crippen LogP contribution in [0.15, 0.2) is 24.3 Å². The molecule has 1 fully saturated rings. The summed E-state index contributed by atoms with van der Waals surface area (Å²) in [4.78, 5) is 24.8. The van der Waals surface area contributed by atoms with Crippen LogP contribution in [-0.2, 0) is 10.3 Å². The third-order valence-corrected chi connectivity index (χ3v) is 3.20. The minimum Gasteiger partial charge on any atom is -0.491 e. The van der Waals surface area contributed by atoms with Crippen molar-refractivity contribution in [1.82, 2.24) is 10.2 Å². The fraction of sp³-hybridized carbons (Fsp3) is 0.429. The van der Waals surface area contributed by atoms with Crippen LogP contribution in [0.2, 0.25) is 0 Å². The fourth-order valence-electron chi connectivity index (χ4n) is 2.11. The summed E-state index contributed by atoms with van der Waals surface area (Å²) in [6.07, 6.45) is 0.0976. The Hall–Kier alpha value is -2.04. The van der Waals surface area contributed by atoms with Crippen molar-refractivity contribution in [2.75, 3.05) is 7.05 Å². The zero-order valence-corrected chi connectivity index (χ0v) is 11.6. The minimum atomic E-state index is -0.998. The van der Waals surface area contributed by atoms with E-state index in [0.29, 0.717) is 0 Å². The minimum absolute atomic E-state index is 0.0976. The number of benzene rings is 1. The maximum atomic E-state index is 12.1. The third kappa shape index (κ3) is 2.28. The molecule has 2 rings (SSSR count). The first-order chi connectivity index (χ1) is 8.84. The summed E-state index contributed by atoms with van der Waals surface area (Å²) in [5.74, 6) is 0.488. The van der Waals surface area contributed by atoms with Gasteiger partial charge in [0.15, 0.2) is 0 Å². The molecule has 0 bridgehead atoms. The van der Waals surface area contributed by atoms with Gasteiger partial charge in [-0.25, -0.2) is 4.79 Å². The van der Waals surface area contributed by atoms with Gasteiger partial charge in [0.2, 0.25) is 0 Å². The molecule has 1 atom stereocenters. The molecule has 0 aliphatic carbocycles. The topological polar surface area (TPSA) is 58.6 Å². The van der Waals surface area contributed by atoms with Crippen LogP contribution >= 0.6 is 0 Å². The Kier molecular flexibility index (Phi) is 3.22. The van der Waals surface area contributed by atoms with E-state index < -0.39 is 5.54 Å². The molecule has 0 radical (unpaired) electrons. The van der Waals surface area contributed by atoms with Gasteiger partial charge in [0.05, 0.1) is 6.10 Å². The number of amides is 3. The Bertz CT molecular complexity index is 510. The number of urea groups is 1. The van der Waals surface area contributed by atoms with E-state index >= 15 is 0 Å². The molecule has 1 aliphatic heterocycles. The average molecular weight is 262 g/mol. The number of hydrogen-bond donors (Lipinski definition) is 1. The van der Waals surface area contributed by atoms with Gasteiger partial charge in [0.1, 0.15) is 11.3 Å². The molecule has 1 aromatic carbocycles. The lowest BCUT2D eigenvalue weighted by atomic mass is 9.92. The second kappa shape index (κ2) is 4.57. The number of carbonyl (C=O) groups excluding carboxylic acids is 2. The van der Waals surface area contributed by atoms with Crippen LogP contribution in [0, 0.1) is 0 Å². The molecule has 1 aliphatic rings. The summed E-state index contributed by atoms with van der Waals surface area (Å²) >= 11 is 0. The number of nitrogens with one attached hydrogen (secondary N) is 1. The Morgan fingerprint density at radius 2 is 1.79 bits per heavy atom.